The summed E-state index contributed by atoms with van der Waals surface area (Å²) in [6, 6.07) is 5.38. The molecule has 0 radical (unpaired) electrons. The van der Waals surface area contributed by atoms with Crippen molar-refractivity contribution in [2.45, 2.75) is 25.0 Å². The molecule has 0 aliphatic rings. The molecule has 2 rings (SSSR count). The van der Waals surface area contributed by atoms with Gasteiger partial charge >= 0.3 is 6.03 Å². The lowest BCUT2D eigenvalue weighted by Crippen LogP contribution is -2.40. The van der Waals surface area contributed by atoms with E-state index in [-0.39, 0.29) is 17.6 Å². The SMILES string of the molecule is CCNC(=O)NC(=O)CSc1nnc([C@H](C)N(C)C)n1-c1ccc(F)cc1. The molecule has 146 valence electrons. The van der Waals surface area contributed by atoms with Gasteiger partial charge in [0.2, 0.25) is 5.91 Å². The van der Waals surface area contributed by atoms with Gasteiger partial charge in [-0.25, -0.2) is 9.18 Å². The molecule has 3 amide bonds. The Hall–Kier alpha value is -2.46. The van der Waals surface area contributed by atoms with E-state index in [0.29, 0.717) is 23.2 Å². The van der Waals surface area contributed by atoms with Crippen LogP contribution < -0.4 is 10.6 Å². The van der Waals surface area contributed by atoms with Crippen molar-refractivity contribution >= 4 is 23.7 Å². The van der Waals surface area contributed by atoms with Crippen LogP contribution in [0.25, 0.3) is 5.69 Å². The Labute approximate surface area is 161 Å². The Bertz CT molecular complexity index is 793. The summed E-state index contributed by atoms with van der Waals surface area (Å²) in [6.07, 6.45) is 0. The Morgan fingerprint density at radius 1 is 1.26 bits per heavy atom. The number of thioether (sulfide) groups is 1. The number of hydrogen-bond donors (Lipinski definition) is 2. The topological polar surface area (TPSA) is 92.2 Å². The van der Waals surface area contributed by atoms with E-state index in [1.807, 2.05) is 25.9 Å². The average Bonchev–Trinajstić information content (AvgIpc) is 3.03. The molecular weight excluding hydrogens is 371 g/mol. The predicted octanol–water partition coefficient (Wildman–Crippen LogP) is 1.97. The van der Waals surface area contributed by atoms with Crippen LogP contribution in [0.4, 0.5) is 9.18 Å². The average molecular weight is 394 g/mol. The first kappa shape index (κ1) is 20.8. The van der Waals surface area contributed by atoms with Gasteiger partial charge in [0.05, 0.1) is 11.8 Å². The molecule has 1 atom stereocenters. The third kappa shape index (κ3) is 5.51. The van der Waals surface area contributed by atoms with E-state index in [0.717, 1.165) is 11.8 Å². The van der Waals surface area contributed by atoms with Crippen LogP contribution in [0.2, 0.25) is 0 Å². The molecule has 27 heavy (non-hydrogen) atoms. The lowest BCUT2D eigenvalue weighted by molar-refractivity contribution is -0.117. The van der Waals surface area contributed by atoms with Crippen LogP contribution in [0.1, 0.15) is 25.7 Å². The number of amides is 3. The Morgan fingerprint density at radius 3 is 2.52 bits per heavy atom. The van der Waals surface area contributed by atoms with Crippen LogP contribution in [0.3, 0.4) is 0 Å². The number of aromatic nitrogens is 3. The highest BCUT2D eigenvalue weighted by atomic mass is 32.2. The number of imide groups is 1. The molecule has 1 heterocycles. The molecule has 0 bridgehead atoms. The summed E-state index contributed by atoms with van der Waals surface area (Å²) in [5.74, 6) is -0.128. The highest BCUT2D eigenvalue weighted by Gasteiger charge is 2.21. The van der Waals surface area contributed by atoms with E-state index in [2.05, 4.69) is 20.8 Å². The van der Waals surface area contributed by atoms with Crippen LogP contribution in [0, 0.1) is 5.82 Å². The van der Waals surface area contributed by atoms with E-state index < -0.39 is 11.9 Å². The minimum absolute atomic E-state index is 0.00714. The summed E-state index contributed by atoms with van der Waals surface area (Å²) >= 11 is 1.15. The van der Waals surface area contributed by atoms with Crippen molar-refractivity contribution in [3.05, 3.63) is 35.9 Å². The summed E-state index contributed by atoms with van der Waals surface area (Å²) in [5.41, 5.74) is 0.691. The van der Waals surface area contributed by atoms with Crippen molar-refractivity contribution in [1.82, 2.24) is 30.3 Å². The lowest BCUT2D eigenvalue weighted by Gasteiger charge is -2.20. The van der Waals surface area contributed by atoms with Crippen molar-refractivity contribution in [3.63, 3.8) is 0 Å². The molecule has 0 aliphatic carbocycles. The van der Waals surface area contributed by atoms with Crippen LogP contribution in [0.5, 0.6) is 0 Å². The van der Waals surface area contributed by atoms with Crippen LogP contribution >= 0.6 is 11.8 Å². The second-order valence-corrected chi connectivity index (χ2v) is 6.93. The first-order valence-electron chi connectivity index (χ1n) is 8.41. The fraction of sp³-hybridized carbons (Fsp3) is 0.412. The quantitative estimate of drug-likeness (QED) is 0.698. The zero-order valence-electron chi connectivity index (χ0n) is 15.7. The molecule has 0 spiro atoms. The highest BCUT2D eigenvalue weighted by molar-refractivity contribution is 7.99. The normalized spacial score (nSPS) is 12.1. The summed E-state index contributed by atoms with van der Waals surface area (Å²) in [5, 5.41) is 13.6. The van der Waals surface area contributed by atoms with Crippen LogP contribution in [0.15, 0.2) is 29.4 Å². The first-order chi connectivity index (χ1) is 12.8. The number of carbonyl (C=O) groups is 2. The molecule has 2 aromatic rings. The van der Waals surface area contributed by atoms with Crippen molar-refractivity contribution in [3.8, 4) is 5.69 Å². The van der Waals surface area contributed by atoms with E-state index in [4.69, 9.17) is 0 Å². The summed E-state index contributed by atoms with van der Waals surface area (Å²) in [6.45, 7) is 4.16. The molecule has 0 saturated carbocycles. The summed E-state index contributed by atoms with van der Waals surface area (Å²) < 4.78 is 15.1. The van der Waals surface area contributed by atoms with E-state index in [1.165, 1.54) is 12.1 Å². The van der Waals surface area contributed by atoms with Crippen molar-refractivity contribution in [1.29, 1.82) is 0 Å². The number of benzene rings is 1. The predicted molar refractivity (Wildman–Crippen MR) is 101 cm³/mol. The maximum Gasteiger partial charge on any atom is 0.321 e. The largest absolute Gasteiger partial charge is 0.338 e. The van der Waals surface area contributed by atoms with Gasteiger partial charge in [-0.15, -0.1) is 10.2 Å². The molecule has 8 nitrogen and oxygen atoms in total. The Balaban J connectivity index is 2.24. The molecule has 0 fully saturated rings. The molecule has 1 aromatic carbocycles. The number of halogens is 1. The third-order valence-corrected chi connectivity index (χ3v) is 4.74. The molecule has 2 N–H and O–H groups in total. The van der Waals surface area contributed by atoms with Gasteiger partial charge in [-0.1, -0.05) is 11.8 Å². The number of carbonyl (C=O) groups excluding carboxylic acids is 2. The molecule has 1 aromatic heterocycles. The zero-order valence-corrected chi connectivity index (χ0v) is 16.5. The molecule has 10 heteroatoms. The zero-order chi connectivity index (χ0) is 20.0. The maximum atomic E-state index is 13.3. The van der Waals surface area contributed by atoms with Crippen LogP contribution in [-0.4, -0.2) is 58.0 Å². The number of nitrogens with one attached hydrogen (secondary N) is 2. The standard InChI is InChI=1S/C17H23FN6O2S/c1-5-19-16(26)20-14(25)10-27-17-22-21-15(11(2)23(3)4)24(17)13-8-6-12(18)7-9-13/h6-9,11H,5,10H2,1-4H3,(H2,19,20,25,26)/t11-/m0/s1. The minimum atomic E-state index is -0.537. The van der Waals surface area contributed by atoms with Gasteiger partial charge in [0.25, 0.3) is 0 Å². The van der Waals surface area contributed by atoms with Gasteiger partial charge in [-0.2, -0.15) is 0 Å². The molecule has 0 saturated heterocycles. The van der Waals surface area contributed by atoms with E-state index in [1.54, 1.807) is 23.6 Å². The van der Waals surface area contributed by atoms with Crippen LogP contribution in [-0.2, 0) is 4.79 Å². The van der Waals surface area contributed by atoms with Gasteiger partial charge in [0.15, 0.2) is 11.0 Å². The fourth-order valence-corrected chi connectivity index (χ4v) is 2.97. The van der Waals surface area contributed by atoms with Crippen molar-refractivity contribution in [2.24, 2.45) is 0 Å². The van der Waals surface area contributed by atoms with Crippen molar-refractivity contribution < 1.29 is 14.0 Å². The Morgan fingerprint density at radius 2 is 1.93 bits per heavy atom. The Kier molecular flexibility index (Phi) is 7.31. The van der Waals surface area contributed by atoms with E-state index in [9.17, 15) is 14.0 Å². The summed E-state index contributed by atoms with van der Waals surface area (Å²) in [7, 11) is 3.84. The number of urea groups is 1. The highest BCUT2D eigenvalue weighted by Crippen LogP contribution is 2.26. The van der Waals surface area contributed by atoms with E-state index >= 15 is 0 Å². The van der Waals surface area contributed by atoms with Gasteiger partial charge in [0, 0.05) is 12.2 Å². The summed E-state index contributed by atoms with van der Waals surface area (Å²) in [4.78, 5) is 25.3. The molecule has 0 aliphatic heterocycles. The fourth-order valence-electron chi connectivity index (χ4n) is 2.21. The van der Waals surface area contributed by atoms with Gasteiger partial charge in [-0.3, -0.25) is 19.6 Å². The molecular formula is C17H23FN6O2S. The second kappa shape index (κ2) is 9.47. The van der Waals surface area contributed by atoms with Gasteiger partial charge in [-0.05, 0) is 52.2 Å². The maximum absolute atomic E-state index is 13.3. The number of nitrogens with zero attached hydrogens (tertiary/aromatic N) is 4. The second-order valence-electron chi connectivity index (χ2n) is 5.99. The van der Waals surface area contributed by atoms with Gasteiger partial charge in [0.1, 0.15) is 5.82 Å². The first-order valence-corrected chi connectivity index (χ1v) is 9.40. The molecule has 0 unspecified atom stereocenters. The monoisotopic (exact) mass is 394 g/mol. The number of rotatable bonds is 7. The smallest absolute Gasteiger partial charge is 0.321 e. The lowest BCUT2D eigenvalue weighted by atomic mass is 10.2. The van der Waals surface area contributed by atoms with Gasteiger partial charge < -0.3 is 5.32 Å². The third-order valence-electron chi connectivity index (χ3n) is 3.81. The number of hydrogen-bond acceptors (Lipinski definition) is 6. The van der Waals surface area contributed by atoms with Crippen molar-refractivity contribution in [2.75, 3.05) is 26.4 Å². The minimum Gasteiger partial charge on any atom is -0.338 e.